The van der Waals surface area contributed by atoms with E-state index in [1.165, 1.54) is 6.42 Å². The predicted molar refractivity (Wildman–Crippen MR) is 82.2 cm³/mol. The number of carbonyl (C=O) groups excluding carboxylic acids is 1. The van der Waals surface area contributed by atoms with Crippen molar-refractivity contribution in [2.45, 2.75) is 32.1 Å². The number of carbonyl (C=O) groups is 1. The molecule has 1 atom stereocenters. The van der Waals surface area contributed by atoms with Crippen LogP contribution in [0.3, 0.4) is 0 Å². The van der Waals surface area contributed by atoms with Crippen LogP contribution in [0.5, 0.6) is 5.75 Å². The van der Waals surface area contributed by atoms with Crippen LogP contribution in [0.2, 0.25) is 0 Å². The highest BCUT2D eigenvalue weighted by molar-refractivity contribution is 5.79. The molecule has 21 heavy (non-hydrogen) atoms. The van der Waals surface area contributed by atoms with E-state index < -0.39 is 0 Å². The summed E-state index contributed by atoms with van der Waals surface area (Å²) in [5.41, 5.74) is 0.876. The summed E-state index contributed by atoms with van der Waals surface area (Å²) in [6, 6.07) is 6.96. The van der Waals surface area contributed by atoms with Crippen LogP contribution in [0.15, 0.2) is 24.3 Å². The molecule has 0 saturated carbocycles. The molecule has 0 aliphatic carbocycles. The Balaban J connectivity index is 1.84. The number of nitrogens with zero attached hydrogens (tertiary/aromatic N) is 1. The van der Waals surface area contributed by atoms with Crippen molar-refractivity contribution in [3.63, 3.8) is 0 Å². The van der Waals surface area contributed by atoms with Crippen molar-refractivity contribution in [1.82, 2.24) is 4.90 Å². The van der Waals surface area contributed by atoms with Crippen LogP contribution >= 0.6 is 0 Å². The first kappa shape index (κ1) is 15.8. The Morgan fingerprint density at radius 2 is 2.33 bits per heavy atom. The van der Waals surface area contributed by atoms with Gasteiger partial charge in [-0.15, -0.1) is 0 Å². The molecule has 1 N–H and O–H groups in total. The van der Waals surface area contributed by atoms with Gasteiger partial charge in [-0.25, -0.2) is 0 Å². The van der Waals surface area contributed by atoms with E-state index in [1.807, 2.05) is 11.0 Å². The summed E-state index contributed by atoms with van der Waals surface area (Å²) >= 11 is 0. The number of methoxy groups -OCH3 is 1. The lowest BCUT2D eigenvalue weighted by Gasteiger charge is -2.33. The highest BCUT2D eigenvalue weighted by Crippen LogP contribution is 2.22. The van der Waals surface area contributed by atoms with Crippen LogP contribution in [0.4, 0.5) is 0 Å². The Bertz CT molecular complexity index is 461. The number of amides is 1. The van der Waals surface area contributed by atoms with Gasteiger partial charge in [-0.3, -0.25) is 4.79 Å². The third kappa shape index (κ3) is 5.05. The fraction of sp³-hybridized carbons (Fsp3) is 0.588. The van der Waals surface area contributed by atoms with E-state index in [-0.39, 0.29) is 11.7 Å². The number of hydrogen-bond donors (Lipinski definition) is 1. The zero-order chi connectivity index (χ0) is 15.1. The molecule has 0 radical (unpaired) electrons. The zero-order valence-corrected chi connectivity index (χ0v) is 12.8. The Morgan fingerprint density at radius 3 is 3.10 bits per heavy atom. The van der Waals surface area contributed by atoms with Gasteiger partial charge in [0.15, 0.2) is 0 Å². The number of benzene rings is 1. The normalized spacial score (nSPS) is 18.7. The summed E-state index contributed by atoms with van der Waals surface area (Å²) in [7, 11) is 1.73. The molecule has 0 unspecified atom stereocenters. The van der Waals surface area contributed by atoms with Crippen molar-refractivity contribution in [1.29, 1.82) is 0 Å². The van der Waals surface area contributed by atoms with E-state index in [9.17, 15) is 9.90 Å². The maximum Gasteiger partial charge on any atom is 0.227 e. The van der Waals surface area contributed by atoms with E-state index in [0.717, 1.165) is 44.5 Å². The number of hydrogen-bond acceptors (Lipinski definition) is 3. The molecule has 0 aromatic heterocycles. The molecule has 1 aliphatic heterocycles. The van der Waals surface area contributed by atoms with Crippen molar-refractivity contribution in [2.75, 3.05) is 26.8 Å². The molecule has 1 aromatic rings. The van der Waals surface area contributed by atoms with Crippen LogP contribution in [0, 0.1) is 5.92 Å². The number of phenolic OH excluding ortho intramolecular Hbond substituents is 1. The van der Waals surface area contributed by atoms with Gasteiger partial charge in [-0.05, 0) is 49.3 Å². The summed E-state index contributed by atoms with van der Waals surface area (Å²) in [5.74, 6) is 0.982. The molecule has 1 aromatic carbocycles. The molecule has 0 spiro atoms. The minimum Gasteiger partial charge on any atom is -0.508 e. The first-order valence-corrected chi connectivity index (χ1v) is 7.73. The molecule has 1 heterocycles. The third-order valence-corrected chi connectivity index (χ3v) is 4.10. The molecule has 2 rings (SSSR count). The van der Waals surface area contributed by atoms with Gasteiger partial charge in [0, 0.05) is 26.8 Å². The molecular weight excluding hydrogens is 266 g/mol. The van der Waals surface area contributed by atoms with Gasteiger partial charge in [0.05, 0.1) is 6.42 Å². The second-order valence-electron chi connectivity index (χ2n) is 5.83. The lowest BCUT2D eigenvalue weighted by atomic mass is 9.93. The molecule has 1 amide bonds. The van der Waals surface area contributed by atoms with Gasteiger partial charge in [0.25, 0.3) is 0 Å². The summed E-state index contributed by atoms with van der Waals surface area (Å²) in [6.07, 6.45) is 4.86. The number of piperidine rings is 1. The van der Waals surface area contributed by atoms with Gasteiger partial charge < -0.3 is 14.7 Å². The fourth-order valence-corrected chi connectivity index (χ4v) is 3.00. The van der Waals surface area contributed by atoms with Crippen molar-refractivity contribution in [3.8, 4) is 5.75 Å². The smallest absolute Gasteiger partial charge is 0.227 e. The summed E-state index contributed by atoms with van der Waals surface area (Å²) in [4.78, 5) is 14.4. The van der Waals surface area contributed by atoms with Gasteiger partial charge in [0.2, 0.25) is 5.91 Å². The van der Waals surface area contributed by atoms with Gasteiger partial charge in [-0.1, -0.05) is 12.1 Å². The van der Waals surface area contributed by atoms with Crippen LogP contribution in [-0.2, 0) is 16.0 Å². The average molecular weight is 291 g/mol. The average Bonchev–Trinajstić information content (AvgIpc) is 2.48. The number of aromatic hydroxyl groups is 1. The minimum atomic E-state index is 0.164. The molecule has 1 fully saturated rings. The largest absolute Gasteiger partial charge is 0.508 e. The molecule has 116 valence electrons. The Hall–Kier alpha value is -1.55. The predicted octanol–water partition coefficient (Wildman–Crippen LogP) is 2.60. The third-order valence-electron chi connectivity index (χ3n) is 4.10. The maximum absolute atomic E-state index is 12.4. The molecule has 4 heteroatoms. The second kappa shape index (κ2) is 8.03. The Morgan fingerprint density at radius 1 is 1.48 bits per heavy atom. The van der Waals surface area contributed by atoms with Crippen molar-refractivity contribution in [3.05, 3.63) is 29.8 Å². The van der Waals surface area contributed by atoms with Crippen LogP contribution in [0.1, 0.15) is 31.2 Å². The molecule has 4 nitrogen and oxygen atoms in total. The second-order valence-corrected chi connectivity index (χ2v) is 5.83. The quantitative estimate of drug-likeness (QED) is 0.820. The van der Waals surface area contributed by atoms with Crippen molar-refractivity contribution in [2.24, 2.45) is 5.92 Å². The van der Waals surface area contributed by atoms with Crippen LogP contribution in [0.25, 0.3) is 0 Å². The Kier molecular flexibility index (Phi) is 6.05. The SMILES string of the molecule is COCCC[C@@H]1CCCN(C(=O)Cc2cccc(O)c2)C1. The van der Waals surface area contributed by atoms with Crippen LogP contribution in [-0.4, -0.2) is 42.7 Å². The van der Waals surface area contributed by atoms with Crippen molar-refractivity contribution >= 4 is 5.91 Å². The number of rotatable bonds is 6. The fourth-order valence-electron chi connectivity index (χ4n) is 3.00. The lowest BCUT2D eigenvalue weighted by Crippen LogP contribution is -2.40. The summed E-state index contributed by atoms with van der Waals surface area (Å²) < 4.78 is 5.09. The summed E-state index contributed by atoms with van der Waals surface area (Å²) in [5, 5.41) is 9.46. The van der Waals surface area contributed by atoms with Crippen LogP contribution < -0.4 is 0 Å². The molecule has 0 bridgehead atoms. The van der Waals surface area contributed by atoms with Gasteiger partial charge >= 0.3 is 0 Å². The van der Waals surface area contributed by atoms with E-state index in [2.05, 4.69) is 0 Å². The van der Waals surface area contributed by atoms with Gasteiger partial charge in [0.1, 0.15) is 5.75 Å². The minimum absolute atomic E-state index is 0.164. The molecular formula is C17H25NO3. The molecule has 1 aliphatic rings. The number of phenols is 1. The summed E-state index contributed by atoms with van der Waals surface area (Å²) in [6.45, 7) is 2.52. The van der Waals surface area contributed by atoms with Gasteiger partial charge in [-0.2, -0.15) is 0 Å². The van der Waals surface area contributed by atoms with E-state index in [0.29, 0.717) is 12.3 Å². The van der Waals surface area contributed by atoms with E-state index >= 15 is 0 Å². The Labute approximate surface area is 126 Å². The van der Waals surface area contributed by atoms with E-state index in [1.54, 1.807) is 25.3 Å². The molecule has 1 saturated heterocycles. The lowest BCUT2D eigenvalue weighted by molar-refractivity contribution is -0.132. The number of ether oxygens (including phenoxy) is 1. The maximum atomic E-state index is 12.4. The zero-order valence-electron chi connectivity index (χ0n) is 12.8. The first-order chi connectivity index (χ1) is 10.2. The highest BCUT2D eigenvalue weighted by Gasteiger charge is 2.23. The standard InChI is InChI=1S/C17H25NO3/c1-21-10-4-7-14-6-3-9-18(13-14)17(20)12-15-5-2-8-16(19)11-15/h2,5,8,11,14,19H,3-4,6-7,9-10,12-13H2,1H3/t14-/m0/s1. The number of likely N-dealkylation sites (tertiary alicyclic amines) is 1. The topological polar surface area (TPSA) is 49.8 Å². The van der Waals surface area contributed by atoms with Crippen molar-refractivity contribution < 1.29 is 14.6 Å². The monoisotopic (exact) mass is 291 g/mol. The first-order valence-electron chi connectivity index (χ1n) is 7.73. The van der Waals surface area contributed by atoms with E-state index in [4.69, 9.17) is 4.74 Å². The highest BCUT2D eigenvalue weighted by atomic mass is 16.5.